The van der Waals surface area contributed by atoms with Crippen molar-refractivity contribution in [3.63, 3.8) is 0 Å². The quantitative estimate of drug-likeness (QED) is 0.922. The normalized spacial score (nSPS) is 17.1. The van der Waals surface area contributed by atoms with Gasteiger partial charge in [0.05, 0.1) is 24.8 Å². The Morgan fingerprint density at radius 1 is 1.48 bits per heavy atom. The first kappa shape index (κ1) is 14.3. The lowest BCUT2D eigenvalue weighted by atomic mass is 9.96. The molecule has 5 nitrogen and oxygen atoms in total. The molecule has 21 heavy (non-hydrogen) atoms. The van der Waals surface area contributed by atoms with Crippen molar-refractivity contribution in [2.24, 2.45) is 0 Å². The van der Waals surface area contributed by atoms with Gasteiger partial charge in [0.2, 0.25) is 0 Å². The van der Waals surface area contributed by atoms with Crippen LogP contribution in [0.4, 0.5) is 0 Å². The number of aromatic nitrogens is 2. The van der Waals surface area contributed by atoms with Gasteiger partial charge in [-0.2, -0.15) is 0 Å². The first-order valence-electron chi connectivity index (χ1n) is 6.67. The minimum Gasteiger partial charge on any atom is -0.493 e. The summed E-state index contributed by atoms with van der Waals surface area (Å²) < 4.78 is 11.3. The van der Waals surface area contributed by atoms with Crippen LogP contribution in [0.3, 0.4) is 0 Å². The van der Waals surface area contributed by atoms with E-state index in [1.165, 1.54) is 0 Å². The van der Waals surface area contributed by atoms with E-state index in [2.05, 4.69) is 25.9 Å². The van der Waals surface area contributed by atoms with Gasteiger partial charge < -0.3 is 14.5 Å². The minimum atomic E-state index is -0.189. The van der Waals surface area contributed by atoms with E-state index in [0.29, 0.717) is 29.2 Å². The van der Waals surface area contributed by atoms with Crippen LogP contribution in [-0.4, -0.2) is 23.7 Å². The molecule has 0 radical (unpaired) electrons. The van der Waals surface area contributed by atoms with Crippen LogP contribution in [0.1, 0.15) is 23.0 Å². The second-order valence-corrected chi connectivity index (χ2v) is 5.76. The number of aromatic amines is 1. The van der Waals surface area contributed by atoms with Gasteiger partial charge in [-0.3, -0.25) is 4.79 Å². The second-order valence-electron chi connectivity index (χ2n) is 4.96. The van der Waals surface area contributed by atoms with E-state index in [1.807, 2.05) is 24.3 Å². The summed E-state index contributed by atoms with van der Waals surface area (Å²) >= 11 is 3.25. The SMILES string of the molecule is COCc1nc(C2COc3ccccc3C2)[nH]c(=O)c1Br. The van der Waals surface area contributed by atoms with Gasteiger partial charge in [-0.25, -0.2) is 4.98 Å². The third-order valence-electron chi connectivity index (χ3n) is 3.50. The van der Waals surface area contributed by atoms with Crippen molar-refractivity contribution in [2.75, 3.05) is 13.7 Å². The van der Waals surface area contributed by atoms with Crippen molar-refractivity contribution in [3.8, 4) is 5.75 Å². The molecule has 0 aliphatic carbocycles. The van der Waals surface area contributed by atoms with E-state index in [9.17, 15) is 4.79 Å². The van der Waals surface area contributed by atoms with Gasteiger partial charge in [0.1, 0.15) is 16.0 Å². The van der Waals surface area contributed by atoms with Crippen LogP contribution in [0.2, 0.25) is 0 Å². The fourth-order valence-corrected chi connectivity index (χ4v) is 2.76. The molecule has 0 amide bonds. The third kappa shape index (κ3) is 2.87. The Hall–Kier alpha value is -1.66. The number of nitrogens with one attached hydrogen (secondary N) is 1. The summed E-state index contributed by atoms with van der Waals surface area (Å²) in [6.07, 6.45) is 0.799. The fraction of sp³-hybridized carbons (Fsp3) is 0.333. The summed E-state index contributed by atoms with van der Waals surface area (Å²) in [5, 5.41) is 0. The average Bonchev–Trinajstić information content (AvgIpc) is 2.51. The zero-order valence-corrected chi connectivity index (χ0v) is 13.1. The monoisotopic (exact) mass is 350 g/mol. The van der Waals surface area contributed by atoms with Gasteiger partial charge in [-0.15, -0.1) is 0 Å². The van der Waals surface area contributed by atoms with Crippen molar-refractivity contribution in [2.45, 2.75) is 18.9 Å². The fourth-order valence-electron chi connectivity index (χ4n) is 2.45. The van der Waals surface area contributed by atoms with Gasteiger partial charge in [0.25, 0.3) is 5.56 Å². The van der Waals surface area contributed by atoms with Gasteiger partial charge in [-0.1, -0.05) is 18.2 Å². The summed E-state index contributed by atoms with van der Waals surface area (Å²) in [5.41, 5.74) is 1.55. The van der Waals surface area contributed by atoms with Crippen molar-refractivity contribution < 1.29 is 9.47 Å². The lowest BCUT2D eigenvalue weighted by molar-refractivity contribution is 0.179. The van der Waals surface area contributed by atoms with E-state index >= 15 is 0 Å². The molecule has 0 bridgehead atoms. The predicted octanol–water partition coefficient (Wildman–Crippen LogP) is 2.40. The van der Waals surface area contributed by atoms with E-state index in [0.717, 1.165) is 17.7 Å². The molecule has 1 aliphatic heterocycles. The Balaban J connectivity index is 1.93. The molecule has 1 aromatic heterocycles. The number of methoxy groups -OCH3 is 1. The Kier molecular flexibility index (Phi) is 4.07. The summed E-state index contributed by atoms with van der Waals surface area (Å²) in [6.45, 7) is 0.801. The summed E-state index contributed by atoms with van der Waals surface area (Å²) in [6, 6.07) is 7.93. The zero-order valence-electron chi connectivity index (χ0n) is 11.6. The number of H-pyrrole nitrogens is 1. The van der Waals surface area contributed by atoms with E-state index in [1.54, 1.807) is 7.11 Å². The molecule has 1 unspecified atom stereocenters. The maximum atomic E-state index is 12.0. The highest BCUT2D eigenvalue weighted by Crippen LogP contribution is 2.30. The lowest BCUT2D eigenvalue weighted by Crippen LogP contribution is -2.25. The average molecular weight is 351 g/mol. The smallest absolute Gasteiger partial charge is 0.265 e. The summed E-state index contributed by atoms with van der Waals surface area (Å²) in [5.74, 6) is 1.59. The van der Waals surface area contributed by atoms with Gasteiger partial charge in [-0.05, 0) is 34.0 Å². The number of fused-ring (bicyclic) bond motifs is 1. The molecule has 0 fully saturated rings. The molecule has 6 heteroatoms. The Morgan fingerprint density at radius 3 is 3.10 bits per heavy atom. The van der Waals surface area contributed by atoms with E-state index in [4.69, 9.17) is 9.47 Å². The van der Waals surface area contributed by atoms with Crippen LogP contribution >= 0.6 is 15.9 Å². The highest BCUT2D eigenvalue weighted by Gasteiger charge is 2.24. The first-order valence-corrected chi connectivity index (χ1v) is 7.46. The van der Waals surface area contributed by atoms with Crippen LogP contribution in [0.25, 0.3) is 0 Å². The third-order valence-corrected chi connectivity index (χ3v) is 4.31. The molecular formula is C15H15BrN2O3. The number of para-hydroxylation sites is 1. The van der Waals surface area contributed by atoms with Crippen molar-refractivity contribution in [1.29, 1.82) is 0 Å². The molecule has 2 aromatic rings. The van der Waals surface area contributed by atoms with Crippen molar-refractivity contribution in [3.05, 3.63) is 56.2 Å². The molecule has 0 saturated heterocycles. The Morgan fingerprint density at radius 2 is 2.29 bits per heavy atom. The lowest BCUT2D eigenvalue weighted by Gasteiger charge is -2.24. The molecule has 1 atom stereocenters. The molecule has 110 valence electrons. The number of nitrogens with zero attached hydrogens (tertiary/aromatic N) is 1. The largest absolute Gasteiger partial charge is 0.493 e. The van der Waals surface area contributed by atoms with Gasteiger partial charge in [0, 0.05) is 7.11 Å². The van der Waals surface area contributed by atoms with Crippen LogP contribution in [0, 0.1) is 0 Å². The number of hydrogen-bond acceptors (Lipinski definition) is 4. The highest BCUT2D eigenvalue weighted by molar-refractivity contribution is 9.10. The molecule has 0 saturated carbocycles. The minimum absolute atomic E-state index is 0.0382. The topological polar surface area (TPSA) is 64.2 Å². The van der Waals surface area contributed by atoms with Crippen molar-refractivity contribution in [1.82, 2.24) is 9.97 Å². The van der Waals surface area contributed by atoms with Crippen LogP contribution < -0.4 is 10.3 Å². The predicted molar refractivity (Wildman–Crippen MR) is 81.7 cm³/mol. The van der Waals surface area contributed by atoms with Crippen LogP contribution in [-0.2, 0) is 17.8 Å². The highest BCUT2D eigenvalue weighted by atomic mass is 79.9. The maximum Gasteiger partial charge on any atom is 0.265 e. The number of rotatable bonds is 3. The van der Waals surface area contributed by atoms with E-state index < -0.39 is 0 Å². The molecule has 1 aliphatic rings. The standard InChI is InChI=1S/C15H15BrN2O3/c1-20-8-11-13(16)15(19)18-14(17-11)10-6-9-4-2-3-5-12(9)21-7-10/h2-5,10H,6-8H2,1H3,(H,17,18,19). The van der Waals surface area contributed by atoms with Gasteiger partial charge >= 0.3 is 0 Å². The Bertz CT molecular complexity index is 714. The molecule has 3 rings (SSSR count). The first-order chi connectivity index (χ1) is 10.2. The van der Waals surface area contributed by atoms with Crippen molar-refractivity contribution >= 4 is 15.9 Å². The summed E-state index contributed by atoms with van der Waals surface area (Å²) in [7, 11) is 1.58. The van der Waals surface area contributed by atoms with E-state index in [-0.39, 0.29) is 11.5 Å². The molecule has 0 spiro atoms. The Labute approximate surface area is 130 Å². The summed E-state index contributed by atoms with van der Waals surface area (Å²) in [4.78, 5) is 19.3. The molecule has 2 heterocycles. The number of halogens is 1. The molecular weight excluding hydrogens is 336 g/mol. The molecule has 1 aromatic carbocycles. The molecule has 1 N–H and O–H groups in total. The second kappa shape index (κ2) is 5.99. The number of benzene rings is 1. The van der Waals surface area contributed by atoms with Crippen LogP contribution in [0.15, 0.2) is 33.5 Å². The van der Waals surface area contributed by atoms with Gasteiger partial charge in [0.15, 0.2) is 0 Å². The zero-order chi connectivity index (χ0) is 14.8. The number of ether oxygens (including phenoxy) is 2. The van der Waals surface area contributed by atoms with Crippen LogP contribution in [0.5, 0.6) is 5.75 Å². The maximum absolute atomic E-state index is 12.0. The number of hydrogen-bond donors (Lipinski definition) is 1.